The Labute approximate surface area is 75.4 Å². The van der Waals surface area contributed by atoms with Crippen molar-refractivity contribution in [3.63, 3.8) is 0 Å². The monoisotopic (exact) mass is 190 g/mol. The number of rotatable bonds is 4. The Kier molecular flexibility index (Phi) is 3.28. The van der Waals surface area contributed by atoms with Gasteiger partial charge in [-0.05, 0) is 12.3 Å². The van der Waals surface area contributed by atoms with Crippen molar-refractivity contribution in [3.8, 4) is 0 Å². The summed E-state index contributed by atoms with van der Waals surface area (Å²) >= 11 is 0. The van der Waals surface area contributed by atoms with E-state index in [4.69, 9.17) is 13.3 Å². The van der Waals surface area contributed by atoms with Crippen molar-refractivity contribution in [1.29, 1.82) is 0 Å². The molecular formula is C8H18O3Si. The standard InChI is InChI=1S/C8H18O3Si/c1-7-5-6-8(7)12(9-2,10-3)11-4/h7-8H,5-6H2,1-4H3. The average Bonchev–Trinajstić information content (AvgIpc) is 2.11. The Bertz CT molecular complexity index is 139. The van der Waals surface area contributed by atoms with Gasteiger partial charge in [0.2, 0.25) is 0 Å². The first-order valence-electron chi connectivity index (χ1n) is 4.35. The van der Waals surface area contributed by atoms with Crippen molar-refractivity contribution >= 4 is 8.80 Å². The number of hydrogen-bond acceptors (Lipinski definition) is 3. The van der Waals surface area contributed by atoms with E-state index in [1.165, 1.54) is 12.8 Å². The topological polar surface area (TPSA) is 27.7 Å². The van der Waals surface area contributed by atoms with Gasteiger partial charge >= 0.3 is 8.80 Å². The lowest BCUT2D eigenvalue weighted by Crippen LogP contribution is -2.52. The average molecular weight is 190 g/mol. The van der Waals surface area contributed by atoms with Crippen molar-refractivity contribution < 1.29 is 13.3 Å². The molecule has 72 valence electrons. The summed E-state index contributed by atoms with van der Waals surface area (Å²) in [5, 5.41) is 0. The lowest BCUT2D eigenvalue weighted by atomic mass is 9.86. The van der Waals surface area contributed by atoms with Crippen molar-refractivity contribution in [3.05, 3.63) is 0 Å². The van der Waals surface area contributed by atoms with Gasteiger partial charge in [0, 0.05) is 26.9 Å². The minimum atomic E-state index is -2.30. The fraction of sp³-hybridized carbons (Fsp3) is 1.00. The van der Waals surface area contributed by atoms with Gasteiger partial charge in [-0.15, -0.1) is 0 Å². The van der Waals surface area contributed by atoms with E-state index in [0.29, 0.717) is 11.5 Å². The van der Waals surface area contributed by atoms with Gasteiger partial charge in [0.15, 0.2) is 0 Å². The van der Waals surface area contributed by atoms with Crippen LogP contribution in [-0.2, 0) is 13.3 Å². The van der Waals surface area contributed by atoms with E-state index in [-0.39, 0.29) is 0 Å². The zero-order chi connectivity index (χ0) is 9.19. The maximum absolute atomic E-state index is 5.41. The molecule has 2 unspecified atom stereocenters. The summed E-state index contributed by atoms with van der Waals surface area (Å²) in [7, 11) is 2.76. The van der Waals surface area contributed by atoms with E-state index in [1.807, 2.05) is 0 Å². The van der Waals surface area contributed by atoms with Gasteiger partial charge in [-0.3, -0.25) is 0 Å². The summed E-state index contributed by atoms with van der Waals surface area (Å²) in [4.78, 5) is 0. The second-order valence-corrected chi connectivity index (χ2v) is 6.55. The van der Waals surface area contributed by atoms with E-state index in [1.54, 1.807) is 21.3 Å². The van der Waals surface area contributed by atoms with E-state index in [9.17, 15) is 0 Å². The van der Waals surface area contributed by atoms with E-state index < -0.39 is 8.80 Å². The SMILES string of the molecule is CO[Si](OC)(OC)C1CCC1C. The minimum Gasteiger partial charge on any atom is -0.377 e. The van der Waals surface area contributed by atoms with Gasteiger partial charge < -0.3 is 13.3 Å². The van der Waals surface area contributed by atoms with Crippen LogP contribution in [0.15, 0.2) is 0 Å². The Balaban J connectivity index is 2.63. The van der Waals surface area contributed by atoms with Crippen LogP contribution in [0, 0.1) is 5.92 Å². The second-order valence-electron chi connectivity index (χ2n) is 3.38. The summed E-state index contributed by atoms with van der Waals surface area (Å²) < 4.78 is 16.2. The fourth-order valence-electron chi connectivity index (χ4n) is 1.90. The normalized spacial score (nSPS) is 30.0. The van der Waals surface area contributed by atoms with Crippen LogP contribution < -0.4 is 0 Å². The second kappa shape index (κ2) is 3.87. The molecular weight excluding hydrogens is 172 g/mol. The Morgan fingerprint density at radius 2 is 1.50 bits per heavy atom. The molecule has 1 rings (SSSR count). The van der Waals surface area contributed by atoms with Crippen LogP contribution in [0.25, 0.3) is 0 Å². The van der Waals surface area contributed by atoms with E-state index >= 15 is 0 Å². The molecule has 0 spiro atoms. The highest BCUT2D eigenvalue weighted by Crippen LogP contribution is 2.46. The molecule has 1 fully saturated rings. The minimum absolute atomic E-state index is 0.512. The van der Waals surface area contributed by atoms with Gasteiger partial charge in [-0.25, -0.2) is 0 Å². The summed E-state index contributed by atoms with van der Waals surface area (Å²) in [6.07, 6.45) is 2.46. The molecule has 2 atom stereocenters. The predicted octanol–water partition coefficient (Wildman–Crippen LogP) is 1.66. The lowest BCUT2D eigenvalue weighted by molar-refractivity contribution is 0.0827. The first-order chi connectivity index (χ1) is 5.70. The van der Waals surface area contributed by atoms with Crippen LogP contribution >= 0.6 is 0 Å². The van der Waals surface area contributed by atoms with Gasteiger partial charge in [0.05, 0.1) is 0 Å². The molecule has 0 bridgehead atoms. The summed E-state index contributed by atoms with van der Waals surface area (Å²) in [5.74, 6) is 0.691. The van der Waals surface area contributed by atoms with Crippen molar-refractivity contribution in [1.82, 2.24) is 0 Å². The summed E-state index contributed by atoms with van der Waals surface area (Å²) in [6.45, 7) is 2.23. The lowest BCUT2D eigenvalue weighted by Gasteiger charge is -2.42. The van der Waals surface area contributed by atoms with E-state index in [0.717, 1.165) is 0 Å². The van der Waals surface area contributed by atoms with Crippen LogP contribution in [0.1, 0.15) is 19.8 Å². The Morgan fingerprint density at radius 3 is 1.58 bits per heavy atom. The Morgan fingerprint density at radius 1 is 1.00 bits per heavy atom. The molecule has 0 heterocycles. The third kappa shape index (κ3) is 1.44. The highest BCUT2D eigenvalue weighted by atomic mass is 28.4. The smallest absolute Gasteiger partial charge is 0.377 e. The van der Waals surface area contributed by atoms with Crippen LogP contribution in [-0.4, -0.2) is 30.1 Å². The zero-order valence-electron chi connectivity index (χ0n) is 8.29. The molecule has 0 aromatic carbocycles. The first kappa shape index (κ1) is 10.2. The molecule has 0 saturated heterocycles. The Hall–Kier alpha value is 0.0969. The molecule has 0 aliphatic heterocycles. The number of hydrogen-bond donors (Lipinski definition) is 0. The molecule has 1 saturated carbocycles. The van der Waals surface area contributed by atoms with Gasteiger partial charge in [0.25, 0.3) is 0 Å². The zero-order valence-corrected chi connectivity index (χ0v) is 9.29. The van der Waals surface area contributed by atoms with Crippen LogP contribution in [0.5, 0.6) is 0 Å². The molecule has 1 aliphatic carbocycles. The third-order valence-electron chi connectivity index (χ3n) is 2.93. The predicted molar refractivity (Wildman–Crippen MR) is 48.9 cm³/mol. The molecule has 0 radical (unpaired) electrons. The third-order valence-corrected chi connectivity index (χ3v) is 6.40. The molecule has 0 N–H and O–H groups in total. The van der Waals surface area contributed by atoms with Gasteiger partial charge in [-0.2, -0.15) is 0 Å². The van der Waals surface area contributed by atoms with Crippen LogP contribution in [0.4, 0.5) is 0 Å². The summed E-state index contributed by atoms with van der Waals surface area (Å²) in [6, 6.07) is 0. The largest absolute Gasteiger partial charge is 0.503 e. The molecule has 0 amide bonds. The fourth-order valence-corrected chi connectivity index (χ4v) is 4.69. The van der Waals surface area contributed by atoms with Crippen molar-refractivity contribution in [2.75, 3.05) is 21.3 Å². The highest BCUT2D eigenvalue weighted by molar-refractivity contribution is 6.62. The van der Waals surface area contributed by atoms with Gasteiger partial charge in [0.1, 0.15) is 0 Å². The molecule has 12 heavy (non-hydrogen) atoms. The summed E-state index contributed by atoms with van der Waals surface area (Å²) in [5.41, 5.74) is 0.512. The van der Waals surface area contributed by atoms with Crippen LogP contribution in [0.3, 0.4) is 0 Å². The maximum atomic E-state index is 5.41. The highest BCUT2D eigenvalue weighted by Gasteiger charge is 2.53. The molecule has 4 heteroatoms. The molecule has 0 aromatic heterocycles. The van der Waals surface area contributed by atoms with Gasteiger partial charge in [-0.1, -0.05) is 13.3 Å². The first-order valence-corrected chi connectivity index (χ1v) is 6.16. The quantitative estimate of drug-likeness (QED) is 0.631. The molecule has 1 aliphatic rings. The maximum Gasteiger partial charge on any atom is 0.503 e. The van der Waals surface area contributed by atoms with Crippen molar-refractivity contribution in [2.24, 2.45) is 5.92 Å². The van der Waals surface area contributed by atoms with E-state index in [2.05, 4.69) is 6.92 Å². The van der Waals surface area contributed by atoms with Crippen LogP contribution in [0.2, 0.25) is 5.54 Å². The molecule has 3 nitrogen and oxygen atoms in total. The van der Waals surface area contributed by atoms with Crippen molar-refractivity contribution in [2.45, 2.75) is 25.3 Å². The molecule has 0 aromatic rings.